The smallest absolute Gasteiger partial charge is 0.279 e. The van der Waals surface area contributed by atoms with Crippen LogP contribution in [0, 0.1) is 0 Å². The van der Waals surface area contributed by atoms with Gasteiger partial charge in [-0.25, -0.2) is 8.42 Å². The number of sulfone groups is 1. The first-order valence-electron chi connectivity index (χ1n) is 7.96. The van der Waals surface area contributed by atoms with Gasteiger partial charge >= 0.3 is 0 Å². The Bertz CT molecular complexity index is 1180. The van der Waals surface area contributed by atoms with Gasteiger partial charge in [-0.2, -0.15) is 4.99 Å². The van der Waals surface area contributed by atoms with Gasteiger partial charge in [0.15, 0.2) is 14.6 Å². The molecule has 9 heteroatoms. The molecule has 0 aliphatic rings. The van der Waals surface area contributed by atoms with E-state index in [2.05, 4.69) is 4.99 Å². The highest BCUT2D eigenvalue weighted by atomic mass is 35.5. The third kappa shape index (κ3) is 4.47. The Morgan fingerprint density at radius 1 is 1.26 bits per heavy atom. The van der Waals surface area contributed by atoms with E-state index in [-0.39, 0.29) is 10.5 Å². The molecule has 0 fully saturated rings. The SMILES string of the molecule is COCCn1c(=NC(=O)c2cccc(S(C)(=O)=O)c2)sc2cc(Cl)ccc21. The Hall–Kier alpha value is -2.00. The molecule has 3 aromatic rings. The molecule has 0 spiro atoms. The molecule has 0 atom stereocenters. The summed E-state index contributed by atoms with van der Waals surface area (Å²) in [5, 5.41) is 0.598. The normalized spacial score (nSPS) is 12.6. The van der Waals surface area contributed by atoms with E-state index in [0.717, 1.165) is 16.5 Å². The molecule has 0 radical (unpaired) electrons. The second-order valence-corrected chi connectivity index (χ2v) is 9.32. The molecule has 0 saturated heterocycles. The second kappa shape index (κ2) is 7.93. The molecular formula is C18H17ClN2O4S2. The number of hydrogen-bond donors (Lipinski definition) is 0. The van der Waals surface area contributed by atoms with Gasteiger partial charge in [0, 0.05) is 30.5 Å². The molecule has 6 nitrogen and oxygen atoms in total. The zero-order valence-corrected chi connectivity index (χ0v) is 17.1. The minimum Gasteiger partial charge on any atom is -0.383 e. The van der Waals surface area contributed by atoms with Crippen LogP contribution in [-0.4, -0.2) is 38.9 Å². The van der Waals surface area contributed by atoms with E-state index in [4.69, 9.17) is 16.3 Å². The van der Waals surface area contributed by atoms with Gasteiger partial charge < -0.3 is 9.30 Å². The van der Waals surface area contributed by atoms with Crippen LogP contribution >= 0.6 is 22.9 Å². The van der Waals surface area contributed by atoms with Gasteiger partial charge in [0.05, 0.1) is 21.7 Å². The fourth-order valence-electron chi connectivity index (χ4n) is 2.54. The molecule has 2 aromatic carbocycles. The lowest BCUT2D eigenvalue weighted by atomic mass is 10.2. The van der Waals surface area contributed by atoms with Gasteiger partial charge in [-0.1, -0.05) is 29.0 Å². The van der Waals surface area contributed by atoms with Crippen LogP contribution in [0.3, 0.4) is 0 Å². The van der Waals surface area contributed by atoms with Gasteiger partial charge in [0.1, 0.15) is 0 Å². The van der Waals surface area contributed by atoms with Gasteiger partial charge in [-0.05, 0) is 36.4 Å². The number of rotatable bonds is 5. The van der Waals surface area contributed by atoms with Crippen molar-refractivity contribution in [2.45, 2.75) is 11.4 Å². The summed E-state index contributed by atoms with van der Waals surface area (Å²) in [7, 11) is -1.80. The quantitative estimate of drug-likeness (QED) is 0.630. The average Bonchev–Trinajstić information content (AvgIpc) is 2.95. The van der Waals surface area contributed by atoms with Crippen LogP contribution in [0.5, 0.6) is 0 Å². The first-order valence-corrected chi connectivity index (χ1v) is 11.0. The lowest BCUT2D eigenvalue weighted by Gasteiger charge is -2.04. The number of ether oxygens (including phenoxy) is 1. The van der Waals surface area contributed by atoms with Crippen molar-refractivity contribution in [3.8, 4) is 0 Å². The zero-order chi connectivity index (χ0) is 19.6. The Balaban J connectivity index is 2.11. The molecular weight excluding hydrogens is 408 g/mol. The highest BCUT2D eigenvalue weighted by Crippen LogP contribution is 2.22. The Labute approximate surface area is 165 Å². The highest BCUT2D eigenvalue weighted by molar-refractivity contribution is 7.90. The fraction of sp³-hybridized carbons (Fsp3) is 0.222. The van der Waals surface area contributed by atoms with Crippen LogP contribution in [0.1, 0.15) is 10.4 Å². The van der Waals surface area contributed by atoms with E-state index in [1.807, 2.05) is 16.7 Å². The third-order valence-electron chi connectivity index (χ3n) is 3.87. The van der Waals surface area contributed by atoms with Crippen molar-refractivity contribution in [1.82, 2.24) is 4.57 Å². The summed E-state index contributed by atoms with van der Waals surface area (Å²) in [6.07, 6.45) is 1.10. The molecule has 1 amide bonds. The number of nitrogens with zero attached hydrogens (tertiary/aromatic N) is 2. The predicted molar refractivity (Wildman–Crippen MR) is 106 cm³/mol. The Kier molecular flexibility index (Phi) is 5.81. The second-order valence-electron chi connectivity index (χ2n) is 5.86. The summed E-state index contributed by atoms with van der Waals surface area (Å²) < 4.78 is 31.4. The van der Waals surface area contributed by atoms with E-state index < -0.39 is 15.7 Å². The Morgan fingerprint density at radius 3 is 2.74 bits per heavy atom. The largest absolute Gasteiger partial charge is 0.383 e. The van der Waals surface area contributed by atoms with Crippen molar-refractivity contribution in [2.24, 2.45) is 4.99 Å². The van der Waals surface area contributed by atoms with Crippen LogP contribution in [0.2, 0.25) is 5.02 Å². The number of fused-ring (bicyclic) bond motifs is 1. The summed E-state index contributed by atoms with van der Waals surface area (Å²) in [5.74, 6) is -0.510. The number of methoxy groups -OCH3 is 1. The predicted octanol–water partition coefficient (Wildman–Crippen LogP) is 3.15. The molecule has 142 valence electrons. The van der Waals surface area contributed by atoms with Gasteiger partial charge in [-0.3, -0.25) is 4.79 Å². The number of amides is 1. The number of carbonyl (C=O) groups is 1. The number of benzene rings is 2. The van der Waals surface area contributed by atoms with E-state index in [0.29, 0.717) is 23.0 Å². The van der Waals surface area contributed by atoms with Crippen molar-refractivity contribution < 1.29 is 17.9 Å². The summed E-state index contributed by atoms with van der Waals surface area (Å²) in [6.45, 7) is 0.979. The maximum atomic E-state index is 12.6. The van der Waals surface area contributed by atoms with Crippen molar-refractivity contribution in [3.63, 3.8) is 0 Å². The maximum Gasteiger partial charge on any atom is 0.279 e. The molecule has 0 aliphatic carbocycles. The third-order valence-corrected chi connectivity index (χ3v) is 6.26. The molecule has 0 unspecified atom stereocenters. The number of halogens is 1. The molecule has 27 heavy (non-hydrogen) atoms. The van der Waals surface area contributed by atoms with Crippen LogP contribution in [0.4, 0.5) is 0 Å². The number of carbonyl (C=O) groups excluding carboxylic acids is 1. The molecule has 0 aliphatic heterocycles. The van der Waals surface area contributed by atoms with Crippen LogP contribution in [0.15, 0.2) is 52.4 Å². The van der Waals surface area contributed by atoms with Crippen LogP contribution in [0.25, 0.3) is 10.2 Å². The topological polar surface area (TPSA) is 77.7 Å². The van der Waals surface area contributed by atoms with Crippen molar-refractivity contribution in [1.29, 1.82) is 0 Å². The molecule has 1 heterocycles. The van der Waals surface area contributed by atoms with Crippen LogP contribution in [-0.2, 0) is 21.1 Å². The number of thiazole rings is 1. The van der Waals surface area contributed by atoms with Gasteiger partial charge in [0.2, 0.25) is 0 Å². The minimum absolute atomic E-state index is 0.0823. The lowest BCUT2D eigenvalue weighted by Crippen LogP contribution is -2.19. The van der Waals surface area contributed by atoms with Gasteiger partial charge in [0.25, 0.3) is 5.91 Å². The number of aromatic nitrogens is 1. The summed E-state index contributed by atoms with van der Waals surface area (Å²) in [5.41, 5.74) is 1.12. The molecule has 0 N–H and O–H groups in total. The summed E-state index contributed by atoms with van der Waals surface area (Å²) in [6, 6.07) is 11.3. The summed E-state index contributed by atoms with van der Waals surface area (Å²) >= 11 is 7.40. The monoisotopic (exact) mass is 424 g/mol. The molecule has 1 aromatic heterocycles. The van der Waals surface area contributed by atoms with Crippen molar-refractivity contribution in [2.75, 3.05) is 20.0 Å². The molecule has 0 saturated carbocycles. The van der Waals surface area contributed by atoms with Crippen molar-refractivity contribution in [3.05, 3.63) is 57.9 Å². The van der Waals surface area contributed by atoms with Gasteiger partial charge in [-0.15, -0.1) is 0 Å². The first-order chi connectivity index (χ1) is 12.8. The highest BCUT2D eigenvalue weighted by Gasteiger charge is 2.13. The minimum atomic E-state index is -3.40. The average molecular weight is 425 g/mol. The lowest BCUT2D eigenvalue weighted by molar-refractivity contribution is 0.0997. The van der Waals surface area contributed by atoms with E-state index >= 15 is 0 Å². The standard InChI is InChI=1S/C18H17ClN2O4S2/c1-25-9-8-21-15-7-6-13(19)11-16(15)26-18(21)20-17(22)12-4-3-5-14(10-12)27(2,23)24/h3-7,10-11H,8-9H2,1-2H3. The van der Waals surface area contributed by atoms with E-state index in [1.165, 1.54) is 29.5 Å². The van der Waals surface area contributed by atoms with E-state index in [9.17, 15) is 13.2 Å². The molecule has 3 rings (SSSR count). The first kappa shape index (κ1) is 19.8. The molecule has 0 bridgehead atoms. The number of hydrogen-bond acceptors (Lipinski definition) is 5. The zero-order valence-electron chi connectivity index (χ0n) is 14.7. The van der Waals surface area contributed by atoms with Crippen LogP contribution < -0.4 is 4.80 Å². The maximum absolute atomic E-state index is 12.6. The Morgan fingerprint density at radius 2 is 2.04 bits per heavy atom. The van der Waals surface area contributed by atoms with Crippen molar-refractivity contribution >= 4 is 48.9 Å². The fourth-order valence-corrected chi connectivity index (χ4v) is 4.54. The van der Waals surface area contributed by atoms with E-state index in [1.54, 1.807) is 19.2 Å². The summed E-state index contributed by atoms with van der Waals surface area (Å²) in [4.78, 5) is 17.4.